The quantitative estimate of drug-likeness (QED) is 0.409. The van der Waals surface area contributed by atoms with E-state index in [9.17, 15) is 13.2 Å². The maximum Gasteiger partial charge on any atom is 0.228 e. The van der Waals surface area contributed by atoms with Gasteiger partial charge in [-0.1, -0.05) is 60.1 Å². The van der Waals surface area contributed by atoms with E-state index in [1.807, 2.05) is 37.3 Å². The van der Waals surface area contributed by atoms with Crippen molar-refractivity contribution in [2.45, 2.75) is 37.3 Å². The third-order valence-electron chi connectivity index (χ3n) is 5.29. The van der Waals surface area contributed by atoms with Gasteiger partial charge in [0.2, 0.25) is 20.9 Å². The first-order valence-electron chi connectivity index (χ1n) is 10.7. The van der Waals surface area contributed by atoms with Gasteiger partial charge in [0, 0.05) is 25.2 Å². The molecule has 2 aromatic carbocycles. The predicted octanol–water partition coefficient (Wildman–Crippen LogP) is 3.75. The van der Waals surface area contributed by atoms with Gasteiger partial charge < -0.3 is 14.2 Å². The molecule has 0 spiro atoms. The molecule has 3 rings (SSSR count). The van der Waals surface area contributed by atoms with Gasteiger partial charge in [0.05, 0.1) is 37.2 Å². The van der Waals surface area contributed by atoms with Gasteiger partial charge in [0.1, 0.15) is 0 Å². The van der Waals surface area contributed by atoms with Crippen LogP contribution in [0.3, 0.4) is 0 Å². The summed E-state index contributed by atoms with van der Waals surface area (Å²) >= 11 is 6.18. The molecule has 0 saturated carbocycles. The number of aromatic nitrogens is 2. The highest BCUT2D eigenvalue weighted by atomic mass is 35.5. The number of nitrogens with zero attached hydrogens (tertiary/aromatic N) is 3. The molecule has 1 aromatic heterocycles. The highest BCUT2D eigenvalue weighted by Crippen LogP contribution is 2.23. The minimum absolute atomic E-state index is 0.0383. The van der Waals surface area contributed by atoms with Gasteiger partial charge in [-0.2, -0.15) is 0 Å². The molecule has 0 bridgehead atoms. The Morgan fingerprint density at radius 1 is 1.12 bits per heavy atom. The van der Waals surface area contributed by atoms with Crippen molar-refractivity contribution < 1.29 is 17.9 Å². The molecule has 176 valence electrons. The molecule has 0 unspecified atom stereocenters. The average Bonchev–Trinajstić information content (AvgIpc) is 3.21. The number of benzene rings is 2. The van der Waals surface area contributed by atoms with Gasteiger partial charge in [0.15, 0.2) is 0 Å². The number of hydrogen-bond donors (Lipinski definition) is 0. The third kappa shape index (κ3) is 6.43. The highest BCUT2D eigenvalue weighted by Gasteiger charge is 2.26. The molecule has 0 fully saturated rings. The lowest BCUT2D eigenvalue weighted by Gasteiger charge is -2.22. The predicted molar refractivity (Wildman–Crippen MR) is 128 cm³/mol. The second kappa shape index (κ2) is 11.4. The monoisotopic (exact) mass is 489 g/mol. The number of methoxy groups -OCH3 is 1. The second-order valence-electron chi connectivity index (χ2n) is 7.60. The Morgan fingerprint density at radius 2 is 1.82 bits per heavy atom. The standard InChI is InChI=1S/C24H28ClN3O4S/c1-3-27(23(29)15-19-9-5-4-6-10-19)17-21-16-26-24(28(21)13-14-32-2)33(30,31)18-20-11-7-8-12-22(20)25/h4-12,16H,3,13-15,17-18H2,1-2H3. The van der Waals surface area contributed by atoms with E-state index in [4.69, 9.17) is 16.3 Å². The normalized spacial score (nSPS) is 11.5. The Morgan fingerprint density at radius 3 is 2.48 bits per heavy atom. The maximum atomic E-state index is 13.2. The zero-order chi connectivity index (χ0) is 23.8. The van der Waals surface area contributed by atoms with Crippen LogP contribution in [-0.2, 0) is 44.6 Å². The first kappa shape index (κ1) is 25.0. The highest BCUT2D eigenvalue weighted by molar-refractivity contribution is 7.90. The average molecular weight is 490 g/mol. The van der Waals surface area contributed by atoms with Crippen molar-refractivity contribution in [3.63, 3.8) is 0 Å². The molecule has 0 saturated heterocycles. The van der Waals surface area contributed by atoms with Crippen molar-refractivity contribution >= 4 is 27.3 Å². The molecule has 7 nitrogen and oxygen atoms in total. The largest absolute Gasteiger partial charge is 0.383 e. The molecule has 1 heterocycles. The van der Waals surface area contributed by atoms with Crippen LogP contribution in [0, 0.1) is 0 Å². The molecule has 0 aliphatic carbocycles. The summed E-state index contributed by atoms with van der Waals surface area (Å²) < 4.78 is 33.2. The molecule has 1 amide bonds. The van der Waals surface area contributed by atoms with E-state index in [-0.39, 0.29) is 29.8 Å². The second-order valence-corrected chi connectivity index (χ2v) is 9.89. The van der Waals surface area contributed by atoms with Crippen LogP contribution in [0.5, 0.6) is 0 Å². The topological polar surface area (TPSA) is 81.5 Å². The molecule has 0 N–H and O–H groups in total. The number of rotatable bonds is 11. The lowest BCUT2D eigenvalue weighted by molar-refractivity contribution is -0.130. The Kier molecular flexibility index (Phi) is 8.66. The number of amides is 1. The summed E-state index contributed by atoms with van der Waals surface area (Å²) in [5, 5.41) is 0.334. The fourth-order valence-electron chi connectivity index (χ4n) is 3.53. The van der Waals surface area contributed by atoms with Gasteiger partial charge in [-0.15, -0.1) is 0 Å². The molecule has 0 aliphatic heterocycles. The number of carbonyl (C=O) groups excluding carboxylic acids is 1. The molecule has 33 heavy (non-hydrogen) atoms. The van der Waals surface area contributed by atoms with Crippen molar-refractivity contribution in [2.75, 3.05) is 20.3 Å². The molecular formula is C24H28ClN3O4S. The number of imidazole rings is 1. The molecule has 0 radical (unpaired) electrons. The summed E-state index contributed by atoms with van der Waals surface area (Å²) in [7, 11) is -2.23. The fourth-order valence-corrected chi connectivity index (χ4v) is 5.36. The summed E-state index contributed by atoms with van der Waals surface area (Å²) in [5.41, 5.74) is 2.07. The van der Waals surface area contributed by atoms with Crippen LogP contribution < -0.4 is 0 Å². The first-order valence-corrected chi connectivity index (χ1v) is 12.7. The minimum atomic E-state index is -3.78. The first-order chi connectivity index (χ1) is 15.9. The number of ether oxygens (including phenoxy) is 1. The van der Waals surface area contributed by atoms with Crippen LogP contribution in [0.15, 0.2) is 66.0 Å². The lowest BCUT2D eigenvalue weighted by Crippen LogP contribution is -2.32. The van der Waals surface area contributed by atoms with Crippen LogP contribution in [0.1, 0.15) is 23.7 Å². The number of likely N-dealkylation sites (N-methyl/N-ethyl adjacent to an activating group) is 1. The summed E-state index contributed by atoms with van der Waals surface area (Å²) in [5.74, 6) is -0.302. The van der Waals surface area contributed by atoms with Crippen LogP contribution in [-0.4, -0.2) is 49.0 Å². The molecular weight excluding hydrogens is 462 g/mol. The summed E-state index contributed by atoms with van der Waals surface area (Å²) in [6.45, 7) is 3.24. The Hall–Kier alpha value is -2.68. The Labute approximate surface area is 199 Å². The van der Waals surface area contributed by atoms with E-state index in [0.717, 1.165) is 5.56 Å². The number of sulfone groups is 1. The van der Waals surface area contributed by atoms with E-state index in [1.54, 1.807) is 40.8 Å². The van der Waals surface area contributed by atoms with Crippen molar-refractivity contribution in [3.8, 4) is 0 Å². The number of hydrogen-bond acceptors (Lipinski definition) is 5. The smallest absolute Gasteiger partial charge is 0.228 e. The molecule has 3 aromatic rings. The van der Waals surface area contributed by atoms with E-state index < -0.39 is 9.84 Å². The van der Waals surface area contributed by atoms with Gasteiger partial charge in [-0.25, -0.2) is 13.4 Å². The van der Waals surface area contributed by atoms with Gasteiger partial charge in [0.25, 0.3) is 0 Å². The molecule has 0 atom stereocenters. The molecule has 0 aliphatic rings. The third-order valence-corrected chi connectivity index (χ3v) is 7.23. The van der Waals surface area contributed by atoms with Crippen LogP contribution in [0.4, 0.5) is 0 Å². The fraction of sp³-hybridized carbons (Fsp3) is 0.333. The van der Waals surface area contributed by atoms with Crippen molar-refractivity contribution in [1.29, 1.82) is 0 Å². The summed E-state index contributed by atoms with van der Waals surface area (Å²) in [6, 6.07) is 16.4. The van der Waals surface area contributed by atoms with Crippen LogP contribution in [0.25, 0.3) is 0 Å². The van der Waals surface area contributed by atoms with Crippen molar-refractivity contribution in [1.82, 2.24) is 14.5 Å². The van der Waals surface area contributed by atoms with Crippen molar-refractivity contribution in [3.05, 3.63) is 82.6 Å². The minimum Gasteiger partial charge on any atom is -0.383 e. The Bertz CT molecular complexity index is 1180. The zero-order valence-electron chi connectivity index (χ0n) is 18.8. The SMILES string of the molecule is CCN(Cc1cnc(S(=O)(=O)Cc2ccccc2Cl)n1CCOC)C(=O)Cc1ccccc1. The van der Waals surface area contributed by atoms with Gasteiger partial charge >= 0.3 is 0 Å². The van der Waals surface area contributed by atoms with Crippen molar-refractivity contribution in [2.24, 2.45) is 0 Å². The van der Waals surface area contributed by atoms with Gasteiger partial charge in [-0.3, -0.25) is 4.79 Å². The zero-order valence-corrected chi connectivity index (χ0v) is 20.3. The summed E-state index contributed by atoms with van der Waals surface area (Å²) in [6.07, 6.45) is 1.80. The van der Waals surface area contributed by atoms with Crippen LogP contribution in [0.2, 0.25) is 5.02 Å². The Balaban J connectivity index is 1.86. The lowest BCUT2D eigenvalue weighted by atomic mass is 10.1. The summed E-state index contributed by atoms with van der Waals surface area (Å²) in [4.78, 5) is 18.8. The van der Waals surface area contributed by atoms with Crippen LogP contribution >= 0.6 is 11.6 Å². The van der Waals surface area contributed by atoms with E-state index in [0.29, 0.717) is 36.0 Å². The van der Waals surface area contributed by atoms with Gasteiger partial charge in [-0.05, 0) is 24.1 Å². The maximum absolute atomic E-state index is 13.2. The molecule has 9 heteroatoms. The van der Waals surface area contributed by atoms with E-state index >= 15 is 0 Å². The number of halogens is 1. The number of carbonyl (C=O) groups is 1. The van der Waals surface area contributed by atoms with E-state index in [1.165, 1.54) is 6.20 Å². The van der Waals surface area contributed by atoms with E-state index in [2.05, 4.69) is 4.98 Å².